The van der Waals surface area contributed by atoms with Gasteiger partial charge in [0.15, 0.2) is 0 Å². The SMILES string of the molecule is CCCCCCCCCCCCCCCCC/C=C/CCCOC(=O)[C@@H]1CCC(=O)N1. The number of esters is 1. The second kappa shape index (κ2) is 20.6. The molecule has 31 heavy (non-hydrogen) atoms. The molecule has 1 heterocycles. The van der Waals surface area contributed by atoms with Crippen LogP contribution in [0, 0.1) is 0 Å². The largest absolute Gasteiger partial charge is 0.464 e. The molecule has 1 N–H and O–H groups in total. The van der Waals surface area contributed by atoms with Gasteiger partial charge in [0.2, 0.25) is 5.91 Å². The van der Waals surface area contributed by atoms with Gasteiger partial charge in [0.1, 0.15) is 6.04 Å². The number of rotatable bonds is 21. The molecule has 0 aromatic rings. The Kier molecular flexibility index (Phi) is 18.4. The minimum absolute atomic E-state index is 0.0521. The van der Waals surface area contributed by atoms with Crippen molar-refractivity contribution in [2.45, 2.75) is 141 Å². The van der Waals surface area contributed by atoms with Gasteiger partial charge in [0.05, 0.1) is 6.61 Å². The van der Waals surface area contributed by atoms with Gasteiger partial charge in [-0.3, -0.25) is 4.79 Å². The quantitative estimate of drug-likeness (QED) is 0.116. The van der Waals surface area contributed by atoms with Crippen molar-refractivity contribution in [3.05, 3.63) is 12.2 Å². The summed E-state index contributed by atoms with van der Waals surface area (Å²) in [5.41, 5.74) is 0. The van der Waals surface area contributed by atoms with Crippen LogP contribution in [0.2, 0.25) is 0 Å². The van der Waals surface area contributed by atoms with Crippen LogP contribution in [0.15, 0.2) is 12.2 Å². The zero-order chi connectivity index (χ0) is 22.4. The maximum Gasteiger partial charge on any atom is 0.328 e. The number of carbonyl (C=O) groups excluding carboxylic acids is 2. The number of nitrogens with one attached hydrogen (secondary N) is 1. The fourth-order valence-corrected chi connectivity index (χ4v) is 4.13. The smallest absolute Gasteiger partial charge is 0.328 e. The van der Waals surface area contributed by atoms with Crippen LogP contribution in [0.1, 0.15) is 135 Å². The first-order chi connectivity index (χ1) is 15.2. The van der Waals surface area contributed by atoms with E-state index in [1.165, 1.54) is 96.3 Å². The summed E-state index contributed by atoms with van der Waals surface area (Å²) >= 11 is 0. The summed E-state index contributed by atoms with van der Waals surface area (Å²) in [6.07, 6.45) is 29.5. The second-order valence-electron chi connectivity index (χ2n) is 9.18. The summed E-state index contributed by atoms with van der Waals surface area (Å²) < 4.78 is 5.22. The summed E-state index contributed by atoms with van der Waals surface area (Å²) in [5, 5.41) is 2.64. The molecule has 1 aliphatic rings. The number of hydrogen-bond acceptors (Lipinski definition) is 3. The first-order valence-electron chi connectivity index (χ1n) is 13.3. The van der Waals surface area contributed by atoms with Gasteiger partial charge in [-0.05, 0) is 32.1 Å². The van der Waals surface area contributed by atoms with Crippen LogP contribution in [0.3, 0.4) is 0 Å². The molecule has 4 nitrogen and oxygen atoms in total. The molecule has 1 fully saturated rings. The highest BCUT2D eigenvalue weighted by Crippen LogP contribution is 2.14. The average Bonchev–Trinajstić information content (AvgIpc) is 3.21. The minimum atomic E-state index is -0.423. The highest BCUT2D eigenvalue weighted by molar-refractivity contribution is 5.87. The number of hydrogen-bond donors (Lipinski definition) is 1. The normalized spacial score (nSPS) is 16.2. The molecular formula is C27H49NO3. The summed E-state index contributed by atoms with van der Waals surface area (Å²) in [5.74, 6) is -0.337. The average molecular weight is 436 g/mol. The van der Waals surface area contributed by atoms with E-state index in [4.69, 9.17) is 4.74 Å². The molecule has 0 spiro atoms. The van der Waals surface area contributed by atoms with Crippen LogP contribution >= 0.6 is 0 Å². The number of ether oxygens (including phenoxy) is 1. The van der Waals surface area contributed by atoms with E-state index < -0.39 is 6.04 Å². The zero-order valence-electron chi connectivity index (χ0n) is 20.3. The lowest BCUT2D eigenvalue weighted by molar-refractivity contribution is -0.146. The molecule has 1 atom stereocenters. The van der Waals surface area contributed by atoms with Crippen LogP contribution < -0.4 is 5.32 Å². The molecule has 0 saturated carbocycles. The lowest BCUT2D eigenvalue weighted by atomic mass is 10.0. The fourth-order valence-electron chi connectivity index (χ4n) is 4.13. The molecule has 180 valence electrons. The van der Waals surface area contributed by atoms with Crippen molar-refractivity contribution >= 4 is 11.9 Å². The number of unbranched alkanes of at least 4 members (excludes halogenated alkanes) is 16. The lowest BCUT2D eigenvalue weighted by Crippen LogP contribution is -2.34. The van der Waals surface area contributed by atoms with E-state index in [1.54, 1.807) is 0 Å². The van der Waals surface area contributed by atoms with Crippen LogP contribution in [-0.4, -0.2) is 24.5 Å². The third-order valence-electron chi connectivity index (χ3n) is 6.18. The molecule has 0 aromatic heterocycles. The Labute approximate surface area is 192 Å². The number of amides is 1. The fraction of sp³-hybridized carbons (Fsp3) is 0.852. The minimum Gasteiger partial charge on any atom is -0.464 e. The molecule has 0 aliphatic carbocycles. The Morgan fingerprint density at radius 1 is 0.806 bits per heavy atom. The molecule has 1 aliphatic heterocycles. The van der Waals surface area contributed by atoms with E-state index in [1.807, 2.05) is 0 Å². The Bertz CT molecular complexity index is 475. The maximum absolute atomic E-state index is 11.7. The van der Waals surface area contributed by atoms with Crippen molar-refractivity contribution < 1.29 is 14.3 Å². The Balaban J connectivity index is 1.73. The molecule has 0 radical (unpaired) electrons. The van der Waals surface area contributed by atoms with Crippen LogP contribution in [0.25, 0.3) is 0 Å². The van der Waals surface area contributed by atoms with Gasteiger partial charge >= 0.3 is 5.97 Å². The predicted molar refractivity (Wildman–Crippen MR) is 130 cm³/mol. The standard InChI is InChI=1S/C27H49NO3/c1-2-3-4-5-6-7-8-9-10-11-12-13-14-15-16-17-18-19-20-21-24-31-27(30)25-22-23-26(29)28-25/h18-19,25H,2-17,20-24H2,1H3,(H,28,29)/b19-18+/t25-/m0/s1. The molecule has 0 unspecified atom stereocenters. The van der Waals surface area contributed by atoms with Gasteiger partial charge in [-0.1, -0.05) is 109 Å². The molecular weight excluding hydrogens is 386 g/mol. The molecule has 1 amide bonds. The van der Waals surface area contributed by atoms with Crippen LogP contribution in [0.4, 0.5) is 0 Å². The van der Waals surface area contributed by atoms with E-state index in [9.17, 15) is 9.59 Å². The molecule has 4 heteroatoms. The second-order valence-corrected chi connectivity index (χ2v) is 9.18. The number of allylic oxidation sites excluding steroid dienone is 2. The summed E-state index contributed by atoms with van der Waals surface area (Å²) in [6.45, 7) is 2.72. The topological polar surface area (TPSA) is 55.4 Å². The van der Waals surface area contributed by atoms with E-state index >= 15 is 0 Å². The zero-order valence-corrected chi connectivity index (χ0v) is 20.3. The van der Waals surface area contributed by atoms with Gasteiger partial charge < -0.3 is 10.1 Å². The van der Waals surface area contributed by atoms with E-state index in [0.717, 1.165) is 19.3 Å². The molecule has 0 bridgehead atoms. The van der Waals surface area contributed by atoms with Gasteiger partial charge in [-0.2, -0.15) is 0 Å². The van der Waals surface area contributed by atoms with Gasteiger partial charge in [-0.15, -0.1) is 0 Å². The van der Waals surface area contributed by atoms with Crippen molar-refractivity contribution in [1.82, 2.24) is 5.32 Å². The number of carbonyl (C=O) groups is 2. The van der Waals surface area contributed by atoms with Gasteiger partial charge in [0.25, 0.3) is 0 Å². The highest BCUT2D eigenvalue weighted by Gasteiger charge is 2.28. The van der Waals surface area contributed by atoms with E-state index in [-0.39, 0.29) is 11.9 Å². The summed E-state index contributed by atoms with van der Waals surface area (Å²) in [7, 11) is 0. The summed E-state index contributed by atoms with van der Waals surface area (Å²) in [6, 6.07) is -0.423. The Morgan fingerprint density at radius 2 is 1.29 bits per heavy atom. The van der Waals surface area contributed by atoms with Crippen molar-refractivity contribution in [3.8, 4) is 0 Å². The van der Waals surface area contributed by atoms with Gasteiger partial charge in [0, 0.05) is 6.42 Å². The van der Waals surface area contributed by atoms with Gasteiger partial charge in [-0.25, -0.2) is 4.79 Å². The molecule has 0 aromatic carbocycles. The van der Waals surface area contributed by atoms with Crippen molar-refractivity contribution in [2.75, 3.05) is 6.61 Å². The van der Waals surface area contributed by atoms with Crippen LogP contribution in [0.5, 0.6) is 0 Å². The molecule has 1 saturated heterocycles. The first-order valence-corrected chi connectivity index (χ1v) is 13.3. The first kappa shape index (κ1) is 27.7. The third-order valence-corrected chi connectivity index (χ3v) is 6.18. The Morgan fingerprint density at radius 3 is 1.77 bits per heavy atom. The summed E-state index contributed by atoms with van der Waals surface area (Å²) in [4.78, 5) is 22.8. The predicted octanol–water partition coefficient (Wildman–Crippen LogP) is 7.41. The lowest BCUT2D eigenvalue weighted by Gasteiger charge is -2.09. The monoisotopic (exact) mass is 435 g/mol. The van der Waals surface area contributed by atoms with E-state index in [2.05, 4.69) is 24.4 Å². The van der Waals surface area contributed by atoms with E-state index in [0.29, 0.717) is 19.4 Å². The van der Waals surface area contributed by atoms with Crippen molar-refractivity contribution in [2.24, 2.45) is 0 Å². The highest BCUT2D eigenvalue weighted by atomic mass is 16.5. The maximum atomic E-state index is 11.7. The molecule has 1 rings (SSSR count). The van der Waals surface area contributed by atoms with Crippen LogP contribution in [-0.2, 0) is 14.3 Å². The Hall–Kier alpha value is -1.32. The van der Waals surface area contributed by atoms with Crippen molar-refractivity contribution in [1.29, 1.82) is 0 Å². The third kappa shape index (κ3) is 17.0. The van der Waals surface area contributed by atoms with Crippen molar-refractivity contribution in [3.63, 3.8) is 0 Å².